The Kier molecular flexibility index (Phi) is 5.83. The van der Waals surface area contributed by atoms with Crippen molar-refractivity contribution in [2.24, 2.45) is 0 Å². The summed E-state index contributed by atoms with van der Waals surface area (Å²) >= 11 is 3.09. The fourth-order valence-electron chi connectivity index (χ4n) is 1.70. The van der Waals surface area contributed by atoms with E-state index in [1.54, 1.807) is 12.1 Å². The third kappa shape index (κ3) is 4.15. The van der Waals surface area contributed by atoms with Crippen LogP contribution in [0.25, 0.3) is 0 Å². The molecule has 1 N–H and O–H groups in total. The van der Waals surface area contributed by atoms with E-state index in [1.165, 1.54) is 16.5 Å². The van der Waals surface area contributed by atoms with E-state index in [1.807, 2.05) is 30.3 Å². The molecule has 1 atom stereocenters. The van der Waals surface area contributed by atoms with E-state index in [0.29, 0.717) is 11.7 Å². The van der Waals surface area contributed by atoms with Gasteiger partial charge < -0.3 is 5.11 Å². The first-order chi connectivity index (χ1) is 8.69. The zero-order valence-corrected chi connectivity index (χ0v) is 11.0. The summed E-state index contributed by atoms with van der Waals surface area (Å²) in [6, 6.07) is 17.8. The van der Waals surface area contributed by atoms with Gasteiger partial charge in [-0.1, -0.05) is 62.0 Å². The first-order valence-electron chi connectivity index (χ1n) is 5.56. The van der Waals surface area contributed by atoms with Gasteiger partial charge in [-0.3, -0.25) is 0 Å². The first-order valence-corrected chi connectivity index (χ1v) is 6.00. The predicted octanol–water partition coefficient (Wildman–Crippen LogP) is 3.94. The summed E-state index contributed by atoms with van der Waals surface area (Å²) in [7, 11) is 0. The van der Waals surface area contributed by atoms with E-state index in [-0.39, 0.29) is 0 Å². The van der Waals surface area contributed by atoms with Gasteiger partial charge in [-0.15, -0.1) is 0 Å². The second-order valence-corrected chi connectivity index (χ2v) is 4.02. The second-order valence-electron chi connectivity index (χ2n) is 3.82. The van der Waals surface area contributed by atoms with Crippen molar-refractivity contribution < 1.29 is 5.11 Å². The molecular weight excluding hydrogens is 242 g/mol. The fraction of sp³-hybridized carbons (Fsp3) is 0.133. The van der Waals surface area contributed by atoms with Gasteiger partial charge in [0.1, 0.15) is 11.2 Å². The number of nitrogens with zero attached hydrogens (tertiary/aromatic N) is 1. The summed E-state index contributed by atoms with van der Waals surface area (Å²) in [5, 5.41) is 17.8. The quantitative estimate of drug-likeness (QED) is 0.632. The monoisotopic (exact) mass is 257 g/mol. The SMILES string of the molecule is CC(c1ccccc1)c1ccc(O)cc1.N#CS. The van der Waals surface area contributed by atoms with Crippen LogP contribution in [0.4, 0.5) is 0 Å². The van der Waals surface area contributed by atoms with Crippen LogP contribution in [0.2, 0.25) is 0 Å². The van der Waals surface area contributed by atoms with Crippen LogP contribution in [0.1, 0.15) is 24.0 Å². The Morgan fingerprint density at radius 2 is 1.44 bits per heavy atom. The smallest absolute Gasteiger partial charge is 0.130 e. The third-order valence-electron chi connectivity index (χ3n) is 2.69. The summed E-state index contributed by atoms with van der Waals surface area (Å²) in [5.41, 5.74) is 2.52. The molecule has 2 aromatic carbocycles. The van der Waals surface area contributed by atoms with Gasteiger partial charge in [0.15, 0.2) is 0 Å². The van der Waals surface area contributed by atoms with Crippen molar-refractivity contribution >= 4 is 12.6 Å². The second kappa shape index (κ2) is 7.41. The Hall–Kier alpha value is -1.92. The maximum atomic E-state index is 9.21. The standard InChI is InChI=1S/C14H14O.CHNS/c1-11(12-5-3-2-4-6-12)13-7-9-14(15)10-8-13;2-1-3/h2-11,15H,1H3;3H. The molecule has 0 amide bonds. The molecule has 0 fully saturated rings. The highest BCUT2D eigenvalue weighted by Crippen LogP contribution is 2.24. The Bertz CT molecular complexity index is 502. The van der Waals surface area contributed by atoms with Crippen LogP contribution in [0.15, 0.2) is 54.6 Å². The average molecular weight is 257 g/mol. The number of thiol groups is 1. The third-order valence-corrected chi connectivity index (χ3v) is 2.69. The molecule has 0 aliphatic carbocycles. The van der Waals surface area contributed by atoms with Gasteiger partial charge in [-0.05, 0) is 23.3 Å². The van der Waals surface area contributed by atoms with E-state index < -0.39 is 0 Å². The Morgan fingerprint density at radius 3 is 1.94 bits per heavy atom. The molecule has 0 heterocycles. The van der Waals surface area contributed by atoms with E-state index in [4.69, 9.17) is 5.26 Å². The molecule has 0 saturated carbocycles. The molecule has 0 aliphatic heterocycles. The van der Waals surface area contributed by atoms with Gasteiger partial charge in [-0.25, -0.2) is 0 Å². The van der Waals surface area contributed by atoms with Crippen LogP contribution in [-0.2, 0) is 0 Å². The van der Waals surface area contributed by atoms with Crippen molar-refractivity contribution in [3.63, 3.8) is 0 Å². The van der Waals surface area contributed by atoms with E-state index >= 15 is 0 Å². The average Bonchev–Trinajstić information content (AvgIpc) is 2.41. The summed E-state index contributed by atoms with van der Waals surface area (Å²) in [6.07, 6.45) is 0. The summed E-state index contributed by atoms with van der Waals surface area (Å²) in [6.45, 7) is 2.17. The molecule has 2 nitrogen and oxygen atoms in total. The molecule has 0 aliphatic rings. The largest absolute Gasteiger partial charge is 0.508 e. The number of hydrogen-bond acceptors (Lipinski definition) is 3. The van der Waals surface area contributed by atoms with Crippen LogP contribution in [0, 0.1) is 10.7 Å². The van der Waals surface area contributed by atoms with E-state index in [0.717, 1.165) is 0 Å². The molecule has 0 bridgehead atoms. The van der Waals surface area contributed by atoms with Crippen molar-refractivity contribution in [3.05, 3.63) is 65.7 Å². The molecular formula is C15H15NOS. The van der Waals surface area contributed by atoms with E-state index in [9.17, 15) is 5.11 Å². The zero-order valence-electron chi connectivity index (χ0n) is 10.1. The van der Waals surface area contributed by atoms with Crippen LogP contribution in [-0.4, -0.2) is 5.11 Å². The first kappa shape index (κ1) is 14.1. The molecule has 2 rings (SSSR count). The van der Waals surface area contributed by atoms with Crippen LogP contribution in [0.3, 0.4) is 0 Å². The highest BCUT2D eigenvalue weighted by atomic mass is 32.1. The number of thiocyanates is 1. The lowest BCUT2D eigenvalue weighted by Gasteiger charge is -2.12. The van der Waals surface area contributed by atoms with Crippen molar-refractivity contribution in [3.8, 4) is 11.2 Å². The summed E-state index contributed by atoms with van der Waals surface area (Å²) < 4.78 is 0. The predicted molar refractivity (Wildman–Crippen MR) is 76.7 cm³/mol. The Balaban J connectivity index is 0.000000492. The molecule has 0 saturated heterocycles. The molecule has 0 aromatic heterocycles. The number of phenolic OH excluding ortho intramolecular Hbond substituents is 1. The number of benzene rings is 2. The number of nitriles is 1. The van der Waals surface area contributed by atoms with Gasteiger partial charge in [0.2, 0.25) is 0 Å². The normalized spacial score (nSPS) is 10.7. The van der Waals surface area contributed by atoms with Crippen LogP contribution < -0.4 is 0 Å². The Morgan fingerprint density at radius 1 is 1.00 bits per heavy atom. The highest BCUT2D eigenvalue weighted by molar-refractivity contribution is 7.85. The molecule has 0 spiro atoms. The van der Waals surface area contributed by atoms with Crippen LogP contribution >= 0.6 is 12.6 Å². The minimum atomic E-state index is 0.319. The molecule has 92 valence electrons. The topological polar surface area (TPSA) is 44.0 Å². The molecule has 2 aromatic rings. The Labute approximate surface area is 113 Å². The number of hydrogen-bond donors (Lipinski definition) is 2. The van der Waals surface area contributed by atoms with Gasteiger partial charge in [0, 0.05) is 5.92 Å². The van der Waals surface area contributed by atoms with Crippen molar-refractivity contribution in [2.45, 2.75) is 12.8 Å². The van der Waals surface area contributed by atoms with Gasteiger partial charge in [0.05, 0.1) is 0 Å². The summed E-state index contributed by atoms with van der Waals surface area (Å²) in [4.78, 5) is 0. The number of aromatic hydroxyl groups is 1. The van der Waals surface area contributed by atoms with Crippen molar-refractivity contribution in [1.29, 1.82) is 5.26 Å². The number of rotatable bonds is 2. The molecule has 1 unspecified atom stereocenters. The number of phenols is 1. The minimum Gasteiger partial charge on any atom is -0.508 e. The highest BCUT2D eigenvalue weighted by Gasteiger charge is 2.06. The lowest BCUT2D eigenvalue weighted by molar-refractivity contribution is 0.475. The van der Waals surface area contributed by atoms with E-state index in [2.05, 4.69) is 31.7 Å². The van der Waals surface area contributed by atoms with Crippen molar-refractivity contribution in [1.82, 2.24) is 0 Å². The van der Waals surface area contributed by atoms with Crippen LogP contribution in [0.5, 0.6) is 5.75 Å². The summed E-state index contributed by atoms with van der Waals surface area (Å²) in [5.74, 6) is 0.686. The fourth-order valence-corrected chi connectivity index (χ4v) is 1.70. The minimum absolute atomic E-state index is 0.319. The van der Waals surface area contributed by atoms with Gasteiger partial charge in [0.25, 0.3) is 0 Å². The molecule has 3 heteroatoms. The van der Waals surface area contributed by atoms with Crippen molar-refractivity contribution in [2.75, 3.05) is 0 Å². The lowest BCUT2D eigenvalue weighted by atomic mass is 9.93. The van der Waals surface area contributed by atoms with Gasteiger partial charge in [-0.2, -0.15) is 5.26 Å². The molecule has 0 radical (unpaired) electrons. The lowest BCUT2D eigenvalue weighted by Crippen LogP contribution is -1.94. The maximum absolute atomic E-state index is 9.21. The molecule has 18 heavy (non-hydrogen) atoms. The van der Waals surface area contributed by atoms with Gasteiger partial charge >= 0.3 is 0 Å². The maximum Gasteiger partial charge on any atom is 0.130 e. The zero-order chi connectivity index (χ0) is 13.4.